The average molecular weight is 393 g/mol. The molecule has 2 heterocycles. The molecule has 0 radical (unpaired) electrons. The molecule has 1 aromatic carbocycles. The van der Waals surface area contributed by atoms with E-state index in [9.17, 15) is 4.79 Å². The summed E-state index contributed by atoms with van der Waals surface area (Å²) in [6.45, 7) is 3.36. The largest absolute Gasteiger partial charge is 0.336 e. The fraction of sp³-hybridized carbons (Fsp3) is 0.235. The van der Waals surface area contributed by atoms with E-state index in [1.165, 1.54) is 0 Å². The number of halogens is 1. The van der Waals surface area contributed by atoms with Crippen molar-refractivity contribution in [2.45, 2.75) is 20.0 Å². The van der Waals surface area contributed by atoms with Gasteiger partial charge in [0, 0.05) is 22.0 Å². The van der Waals surface area contributed by atoms with Crippen LogP contribution in [0.25, 0.3) is 11.4 Å². The third kappa shape index (κ3) is 4.18. The van der Waals surface area contributed by atoms with Gasteiger partial charge in [-0.25, -0.2) is 0 Å². The second-order valence-electron chi connectivity index (χ2n) is 5.43. The Bertz CT molecular complexity index is 900. The van der Waals surface area contributed by atoms with Gasteiger partial charge in [0.15, 0.2) is 10.6 Å². The zero-order valence-electron chi connectivity index (χ0n) is 13.6. The van der Waals surface area contributed by atoms with E-state index in [4.69, 9.17) is 23.8 Å². The smallest absolute Gasteiger partial charge is 0.242 e. The lowest BCUT2D eigenvalue weighted by Gasteiger charge is -2.20. The molecular weight excluding hydrogens is 376 g/mol. The normalized spacial score (nSPS) is 10.8. The van der Waals surface area contributed by atoms with Crippen molar-refractivity contribution in [1.29, 1.82) is 0 Å². The summed E-state index contributed by atoms with van der Waals surface area (Å²) in [7, 11) is 0. The number of hydrogen-bond acceptors (Lipinski definition) is 4. The zero-order chi connectivity index (χ0) is 17.8. The summed E-state index contributed by atoms with van der Waals surface area (Å²) in [6.07, 6.45) is 0. The number of H-pyrrole nitrogens is 1. The van der Waals surface area contributed by atoms with E-state index in [1.807, 2.05) is 41.5 Å². The number of hydrogen-bond donors (Lipinski definition) is 1. The van der Waals surface area contributed by atoms with Gasteiger partial charge in [0.2, 0.25) is 5.91 Å². The standard InChI is InChI=1S/C17H17ClN4OS2/c1-2-21(10-14-4-3-9-25-14)15(23)11-22-16(19-20-17(22)24)12-5-7-13(18)8-6-12/h3-9H,2,10-11H2,1H3,(H,20,24). The number of nitrogens with zero attached hydrogens (tertiary/aromatic N) is 3. The molecule has 0 fully saturated rings. The van der Waals surface area contributed by atoms with Gasteiger partial charge in [-0.2, -0.15) is 5.10 Å². The lowest BCUT2D eigenvalue weighted by atomic mass is 10.2. The molecule has 0 unspecified atom stereocenters. The quantitative estimate of drug-likeness (QED) is 0.633. The van der Waals surface area contributed by atoms with E-state index in [2.05, 4.69) is 10.2 Å². The van der Waals surface area contributed by atoms with Crippen molar-refractivity contribution in [3.05, 3.63) is 56.4 Å². The van der Waals surface area contributed by atoms with E-state index in [0.717, 1.165) is 10.4 Å². The molecule has 0 atom stereocenters. The third-order valence-electron chi connectivity index (χ3n) is 3.82. The Labute approximate surface area is 159 Å². The van der Waals surface area contributed by atoms with Crippen LogP contribution in [0.15, 0.2) is 41.8 Å². The first-order valence-electron chi connectivity index (χ1n) is 7.79. The average Bonchev–Trinajstić information content (AvgIpc) is 3.24. The van der Waals surface area contributed by atoms with Crippen LogP contribution in [0.1, 0.15) is 11.8 Å². The van der Waals surface area contributed by atoms with E-state index in [1.54, 1.807) is 28.0 Å². The summed E-state index contributed by atoms with van der Waals surface area (Å²) in [6, 6.07) is 11.3. The van der Waals surface area contributed by atoms with Crippen molar-refractivity contribution in [3.63, 3.8) is 0 Å². The minimum Gasteiger partial charge on any atom is -0.336 e. The van der Waals surface area contributed by atoms with Crippen molar-refractivity contribution in [3.8, 4) is 11.4 Å². The van der Waals surface area contributed by atoms with Crippen molar-refractivity contribution in [2.24, 2.45) is 0 Å². The Hall–Kier alpha value is -1.96. The molecule has 0 aliphatic rings. The number of thiophene rings is 1. The molecule has 2 aromatic heterocycles. The van der Waals surface area contributed by atoms with Gasteiger partial charge in [0.25, 0.3) is 0 Å². The number of aromatic amines is 1. The highest BCUT2D eigenvalue weighted by molar-refractivity contribution is 7.71. The van der Waals surface area contributed by atoms with Crippen LogP contribution in [0.4, 0.5) is 0 Å². The second-order valence-corrected chi connectivity index (χ2v) is 7.29. The molecule has 8 heteroatoms. The molecule has 0 aliphatic carbocycles. The Balaban J connectivity index is 1.82. The van der Waals surface area contributed by atoms with Crippen LogP contribution < -0.4 is 0 Å². The highest BCUT2D eigenvalue weighted by Crippen LogP contribution is 2.20. The fourth-order valence-electron chi connectivity index (χ4n) is 2.49. The molecule has 0 bridgehead atoms. The summed E-state index contributed by atoms with van der Waals surface area (Å²) in [5.41, 5.74) is 0.853. The van der Waals surface area contributed by atoms with Crippen LogP contribution in [0.2, 0.25) is 5.02 Å². The number of amides is 1. The Morgan fingerprint density at radius 1 is 1.36 bits per heavy atom. The van der Waals surface area contributed by atoms with Crippen molar-refractivity contribution in [2.75, 3.05) is 6.54 Å². The van der Waals surface area contributed by atoms with E-state index in [-0.39, 0.29) is 12.5 Å². The highest BCUT2D eigenvalue weighted by Gasteiger charge is 2.17. The first-order valence-corrected chi connectivity index (χ1v) is 9.46. The summed E-state index contributed by atoms with van der Waals surface area (Å²) in [5, 5.41) is 9.70. The van der Waals surface area contributed by atoms with Gasteiger partial charge in [-0.15, -0.1) is 11.3 Å². The maximum Gasteiger partial charge on any atom is 0.242 e. The monoisotopic (exact) mass is 392 g/mol. The predicted molar refractivity (Wildman–Crippen MR) is 103 cm³/mol. The topological polar surface area (TPSA) is 53.9 Å². The molecule has 1 N–H and O–H groups in total. The van der Waals surface area contributed by atoms with Gasteiger partial charge in [-0.3, -0.25) is 14.5 Å². The van der Waals surface area contributed by atoms with E-state index >= 15 is 0 Å². The van der Waals surface area contributed by atoms with Gasteiger partial charge in [-0.05, 0) is 54.9 Å². The number of benzene rings is 1. The van der Waals surface area contributed by atoms with Crippen LogP contribution in [-0.4, -0.2) is 32.1 Å². The molecule has 1 amide bonds. The molecule has 0 spiro atoms. The molecule has 0 aliphatic heterocycles. The van der Waals surface area contributed by atoms with Gasteiger partial charge < -0.3 is 4.90 Å². The number of carbonyl (C=O) groups excluding carboxylic acids is 1. The minimum absolute atomic E-state index is 0.00335. The van der Waals surface area contributed by atoms with Gasteiger partial charge in [-0.1, -0.05) is 17.7 Å². The maximum absolute atomic E-state index is 12.8. The van der Waals surface area contributed by atoms with Gasteiger partial charge in [0.1, 0.15) is 6.54 Å². The highest BCUT2D eigenvalue weighted by atomic mass is 35.5. The Morgan fingerprint density at radius 2 is 2.12 bits per heavy atom. The number of carbonyl (C=O) groups is 1. The number of likely N-dealkylation sites (N-methyl/N-ethyl adjacent to an activating group) is 1. The lowest BCUT2D eigenvalue weighted by molar-refractivity contribution is -0.132. The van der Waals surface area contributed by atoms with Crippen LogP contribution >= 0.6 is 35.2 Å². The molecule has 25 heavy (non-hydrogen) atoms. The Morgan fingerprint density at radius 3 is 2.76 bits per heavy atom. The number of aromatic nitrogens is 3. The second kappa shape index (κ2) is 7.95. The number of rotatable bonds is 6. The predicted octanol–water partition coefficient (Wildman–Crippen LogP) is 4.37. The molecule has 3 aromatic rings. The van der Waals surface area contributed by atoms with Crippen molar-refractivity contribution in [1.82, 2.24) is 19.7 Å². The van der Waals surface area contributed by atoms with Crippen molar-refractivity contribution < 1.29 is 4.79 Å². The third-order valence-corrected chi connectivity index (χ3v) is 5.24. The van der Waals surface area contributed by atoms with E-state index in [0.29, 0.717) is 28.7 Å². The SMILES string of the molecule is CCN(Cc1cccs1)C(=O)Cn1c(-c2ccc(Cl)cc2)n[nH]c1=S. The maximum atomic E-state index is 12.8. The van der Waals surface area contributed by atoms with Gasteiger partial charge >= 0.3 is 0 Å². The molecule has 5 nitrogen and oxygen atoms in total. The molecule has 0 saturated carbocycles. The molecule has 3 rings (SSSR count). The zero-order valence-corrected chi connectivity index (χ0v) is 16.0. The minimum atomic E-state index is 0.00335. The van der Waals surface area contributed by atoms with E-state index < -0.39 is 0 Å². The summed E-state index contributed by atoms with van der Waals surface area (Å²) in [5.74, 6) is 0.630. The fourth-order valence-corrected chi connectivity index (χ4v) is 3.53. The summed E-state index contributed by atoms with van der Waals surface area (Å²) in [4.78, 5) is 15.7. The molecule has 0 saturated heterocycles. The van der Waals surface area contributed by atoms with Crippen molar-refractivity contribution >= 4 is 41.1 Å². The van der Waals surface area contributed by atoms with Crippen LogP contribution in [0.3, 0.4) is 0 Å². The van der Waals surface area contributed by atoms with Crippen LogP contribution in [-0.2, 0) is 17.9 Å². The van der Waals surface area contributed by atoms with Crippen LogP contribution in [0, 0.1) is 4.77 Å². The van der Waals surface area contributed by atoms with Gasteiger partial charge in [0.05, 0.1) is 6.54 Å². The van der Waals surface area contributed by atoms with Crippen LogP contribution in [0.5, 0.6) is 0 Å². The first-order chi connectivity index (χ1) is 12.1. The molecular formula is C17H17ClN4OS2. The Kier molecular flexibility index (Phi) is 5.67. The summed E-state index contributed by atoms with van der Waals surface area (Å²) < 4.78 is 2.14. The summed E-state index contributed by atoms with van der Waals surface area (Å²) >= 11 is 12.9. The first kappa shape index (κ1) is 17.8. The lowest BCUT2D eigenvalue weighted by Crippen LogP contribution is -2.33. The molecule has 130 valence electrons. The number of nitrogens with one attached hydrogen (secondary N) is 1.